The van der Waals surface area contributed by atoms with E-state index in [0.717, 1.165) is 5.39 Å². The van der Waals surface area contributed by atoms with Gasteiger partial charge in [0.15, 0.2) is 5.01 Å². The van der Waals surface area contributed by atoms with Gasteiger partial charge < -0.3 is 9.73 Å². The fourth-order valence-corrected chi connectivity index (χ4v) is 3.24. The van der Waals surface area contributed by atoms with Crippen molar-refractivity contribution < 1.29 is 8.81 Å². The first-order chi connectivity index (χ1) is 12.1. The Balaban J connectivity index is 1.68. The Hall–Kier alpha value is -2.77. The van der Waals surface area contributed by atoms with Gasteiger partial charge in [-0.2, -0.15) is 0 Å². The monoisotopic (exact) mass is 373 g/mol. The molecule has 0 aliphatic heterocycles. The van der Waals surface area contributed by atoms with E-state index in [1.807, 2.05) is 12.1 Å². The van der Waals surface area contributed by atoms with E-state index in [1.54, 1.807) is 18.2 Å². The molecule has 0 aliphatic carbocycles. The van der Waals surface area contributed by atoms with Gasteiger partial charge in [0.25, 0.3) is 0 Å². The first-order valence-corrected chi connectivity index (χ1v) is 8.38. The molecule has 4 aromatic rings. The predicted octanol–water partition coefficient (Wildman–Crippen LogP) is 4.85. The molecule has 2 aromatic heterocycles. The molecule has 2 heterocycles. The van der Waals surface area contributed by atoms with Crippen molar-refractivity contribution in [2.75, 3.05) is 5.32 Å². The van der Waals surface area contributed by atoms with Crippen LogP contribution in [0.2, 0.25) is 5.02 Å². The van der Waals surface area contributed by atoms with Gasteiger partial charge in [-0.3, -0.25) is 0 Å². The summed E-state index contributed by atoms with van der Waals surface area (Å²) in [5, 5.41) is 12.7. The quantitative estimate of drug-likeness (QED) is 0.520. The first kappa shape index (κ1) is 15.7. The fraction of sp³-hybridized carbons (Fsp3) is 0. The predicted molar refractivity (Wildman–Crippen MR) is 96.1 cm³/mol. The molecule has 8 heteroatoms. The van der Waals surface area contributed by atoms with Crippen molar-refractivity contribution in [3.8, 4) is 10.6 Å². The van der Waals surface area contributed by atoms with E-state index >= 15 is 0 Å². The van der Waals surface area contributed by atoms with Crippen LogP contribution in [0.15, 0.2) is 57.7 Å². The summed E-state index contributed by atoms with van der Waals surface area (Å²) in [6.45, 7) is 0. The molecule has 0 aliphatic rings. The molecule has 1 N–H and O–H groups in total. The largest absolute Gasteiger partial charge is 0.422 e. The van der Waals surface area contributed by atoms with Crippen LogP contribution in [0.25, 0.3) is 21.5 Å². The highest BCUT2D eigenvalue weighted by Gasteiger charge is 2.13. The number of hydrogen-bond donors (Lipinski definition) is 1. The zero-order valence-electron chi connectivity index (χ0n) is 12.5. The van der Waals surface area contributed by atoms with Gasteiger partial charge in [-0.1, -0.05) is 41.1 Å². The number of halogens is 2. The third-order valence-corrected chi connectivity index (χ3v) is 4.63. The maximum atomic E-state index is 13.2. The number of nitrogens with one attached hydrogen (secondary N) is 1. The maximum absolute atomic E-state index is 13.2. The minimum absolute atomic E-state index is 0.00455. The lowest BCUT2D eigenvalue weighted by Gasteiger charge is -2.02. The minimum atomic E-state index is -0.501. The molecule has 2 aromatic carbocycles. The first-order valence-electron chi connectivity index (χ1n) is 7.19. The molecular weight excluding hydrogens is 365 g/mol. The van der Waals surface area contributed by atoms with Gasteiger partial charge >= 0.3 is 5.63 Å². The van der Waals surface area contributed by atoms with Crippen LogP contribution >= 0.6 is 22.9 Å². The highest BCUT2D eigenvalue weighted by atomic mass is 35.5. The Morgan fingerprint density at radius 2 is 1.96 bits per heavy atom. The van der Waals surface area contributed by atoms with E-state index in [1.165, 1.54) is 29.5 Å². The molecule has 0 unspecified atom stereocenters. The van der Waals surface area contributed by atoms with Crippen molar-refractivity contribution in [1.82, 2.24) is 10.2 Å². The summed E-state index contributed by atoms with van der Waals surface area (Å²) < 4.78 is 18.5. The maximum Gasteiger partial charge on any atom is 0.346 e. The lowest BCUT2D eigenvalue weighted by molar-refractivity contribution is 0.563. The van der Waals surface area contributed by atoms with Gasteiger partial charge in [-0.05, 0) is 30.3 Å². The van der Waals surface area contributed by atoms with Crippen LogP contribution in [0.5, 0.6) is 0 Å². The summed E-state index contributed by atoms with van der Waals surface area (Å²) >= 11 is 6.94. The van der Waals surface area contributed by atoms with E-state index in [-0.39, 0.29) is 5.02 Å². The standard InChI is InChI=1S/C17H9ClFN3O2S/c18-12-8-10(5-6-13(12)19)20-17-22-21-15(25-17)11-7-9-3-1-2-4-14(9)24-16(11)23/h1-8H,(H,20,22). The van der Waals surface area contributed by atoms with Crippen LogP contribution in [-0.4, -0.2) is 10.2 Å². The highest BCUT2D eigenvalue weighted by Crippen LogP contribution is 2.29. The third kappa shape index (κ3) is 3.11. The SMILES string of the molecule is O=c1oc2ccccc2cc1-c1nnc(Nc2ccc(F)c(Cl)c2)s1. The van der Waals surface area contributed by atoms with E-state index in [2.05, 4.69) is 15.5 Å². The summed E-state index contributed by atoms with van der Waals surface area (Å²) in [4.78, 5) is 12.2. The molecular formula is C17H9ClFN3O2S. The lowest BCUT2D eigenvalue weighted by atomic mass is 10.2. The van der Waals surface area contributed by atoms with Crippen LogP contribution in [-0.2, 0) is 0 Å². The summed E-state index contributed by atoms with van der Waals surface area (Å²) in [5.41, 5.74) is 0.937. The van der Waals surface area contributed by atoms with Crippen LogP contribution in [0.3, 0.4) is 0 Å². The number of rotatable bonds is 3. The van der Waals surface area contributed by atoms with Crippen molar-refractivity contribution in [3.05, 3.63) is 69.8 Å². The van der Waals surface area contributed by atoms with Gasteiger partial charge in [0, 0.05) is 11.1 Å². The van der Waals surface area contributed by atoms with Crippen molar-refractivity contribution >= 4 is 44.7 Å². The molecule has 0 saturated carbocycles. The normalized spacial score (nSPS) is 11.0. The summed E-state index contributed by atoms with van der Waals surface area (Å²) in [5.74, 6) is -0.501. The summed E-state index contributed by atoms with van der Waals surface area (Å²) in [6.07, 6.45) is 0. The molecule has 25 heavy (non-hydrogen) atoms. The molecule has 124 valence electrons. The second-order valence-corrected chi connectivity index (χ2v) is 6.54. The average Bonchev–Trinajstić information content (AvgIpc) is 3.06. The van der Waals surface area contributed by atoms with Crippen molar-refractivity contribution in [1.29, 1.82) is 0 Å². The molecule has 0 bridgehead atoms. The number of para-hydroxylation sites is 1. The number of benzene rings is 2. The van der Waals surface area contributed by atoms with Gasteiger partial charge in [-0.25, -0.2) is 9.18 Å². The fourth-order valence-electron chi connectivity index (χ4n) is 2.29. The van der Waals surface area contributed by atoms with Crippen molar-refractivity contribution in [2.45, 2.75) is 0 Å². The van der Waals surface area contributed by atoms with Crippen LogP contribution in [0, 0.1) is 5.82 Å². The molecule has 0 spiro atoms. The van der Waals surface area contributed by atoms with Crippen molar-refractivity contribution in [3.63, 3.8) is 0 Å². The number of anilines is 2. The van der Waals surface area contributed by atoms with E-state index in [9.17, 15) is 9.18 Å². The Morgan fingerprint density at radius 1 is 1.12 bits per heavy atom. The Kier molecular flexibility index (Phi) is 3.95. The van der Waals surface area contributed by atoms with Gasteiger partial charge in [-0.15, -0.1) is 10.2 Å². The second-order valence-electron chi connectivity index (χ2n) is 5.15. The van der Waals surface area contributed by atoms with E-state index in [0.29, 0.717) is 27.0 Å². The average molecular weight is 374 g/mol. The second kappa shape index (κ2) is 6.27. The van der Waals surface area contributed by atoms with Gasteiger partial charge in [0.1, 0.15) is 11.4 Å². The molecule has 5 nitrogen and oxygen atoms in total. The Morgan fingerprint density at radius 3 is 2.80 bits per heavy atom. The third-order valence-electron chi connectivity index (χ3n) is 3.47. The van der Waals surface area contributed by atoms with Crippen LogP contribution in [0.1, 0.15) is 0 Å². The van der Waals surface area contributed by atoms with Crippen LogP contribution in [0.4, 0.5) is 15.2 Å². The molecule has 0 saturated heterocycles. The summed E-state index contributed by atoms with van der Waals surface area (Å²) in [7, 11) is 0. The summed E-state index contributed by atoms with van der Waals surface area (Å²) in [6, 6.07) is 13.2. The molecule has 0 atom stereocenters. The number of fused-ring (bicyclic) bond motifs is 1. The topological polar surface area (TPSA) is 68.0 Å². The lowest BCUT2D eigenvalue weighted by Crippen LogP contribution is -2.02. The minimum Gasteiger partial charge on any atom is -0.422 e. The Bertz CT molecular complexity index is 1140. The smallest absolute Gasteiger partial charge is 0.346 e. The van der Waals surface area contributed by atoms with Crippen molar-refractivity contribution in [2.24, 2.45) is 0 Å². The van der Waals surface area contributed by atoms with Crippen LogP contribution < -0.4 is 10.9 Å². The number of aromatic nitrogens is 2. The zero-order valence-corrected chi connectivity index (χ0v) is 14.1. The molecule has 0 fully saturated rings. The highest BCUT2D eigenvalue weighted by molar-refractivity contribution is 7.18. The molecule has 0 amide bonds. The number of nitrogens with zero attached hydrogens (tertiary/aromatic N) is 2. The molecule has 4 rings (SSSR count). The number of hydrogen-bond acceptors (Lipinski definition) is 6. The van der Waals surface area contributed by atoms with Gasteiger partial charge in [0.05, 0.1) is 10.6 Å². The zero-order chi connectivity index (χ0) is 17.4. The molecule has 0 radical (unpaired) electrons. The Labute approximate surface area is 149 Å². The van der Waals surface area contributed by atoms with E-state index in [4.69, 9.17) is 16.0 Å². The van der Waals surface area contributed by atoms with Gasteiger partial charge in [0.2, 0.25) is 5.13 Å². The van der Waals surface area contributed by atoms with E-state index < -0.39 is 11.4 Å².